The molecule has 1 atom stereocenters. The molecule has 5 nitrogen and oxygen atoms in total. The number of carbonyl (C=O) groups excluding carboxylic acids is 1. The van der Waals surface area contributed by atoms with Gasteiger partial charge in [-0.15, -0.1) is 0 Å². The second-order valence-corrected chi connectivity index (χ2v) is 4.71. The van der Waals surface area contributed by atoms with Crippen LogP contribution in [0.3, 0.4) is 0 Å². The summed E-state index contributed by atoms with van der Waals surface area (Å²) in [6, 6.07) is 7.57. The van der Waals surface area contributed by atoms with Crippen molar-refractivity contribution < 1.29 is 14.4 Å². The fraction of sp³-hybridized carbons (Fsp3) is 0.467. The van der Waals surface area contributed by atoms with Gasteiger partial charge in [0.05, 0.1) is 12.8 Å². The zero-order valence-corrected chi connectivity index (χ0v) is 11.9. The van der Waals surface area contributed by atoms with Crippen LogP contribution in [0.2, 0.25) is 0 Å². The van der Waals surface area contributed by atoms with Crippen molar-refractivity contribution in [2.24, 2.45) is 5.16 Å². The van der Waals surface area contributed by atoms with Gasteiger partial charge in [0.15, 0.2) is 0 Å². The van der Waals surface area contributed by atoms with Crippen molar-refractivity contribution in [3.63, 3.8) is 0 Å². The third-order valence-electron chi connectivity index (χ3n) is 3.21. The van der Waals surface area contributed by atoms with Gasteiger partial charge in [-0.25, -0.2) is 0 Å². The molecule has 108 valence electrons. The number of methoxy groups -OCH3 is 1. The number of nitrogens with zero attached hydrogens (tertiary/aromatic N) is 1. The third-order valence-corrected chi connectivity index (χ3v) is 3.21. The molecule has 2 rings (SSSR count). The standard InChI is InChI=1S/C15H20N2O3/c1-3-4-9-16-15(18)14-10-13(17-20-14)11-5-7-12(19-2)8-6-11/h5-8,14H,3-4,9-10H2,1-2H3,(H,16,18). The van der Waals surface area contributed by atoms with E-state index in [1.165, 1.54) is 0 Å². The molecule has 0 saturated carbocycles. The van der Waals surface area contributed by atoms with Crippen LogP contribution in [-0.2, 0) is 9.63 Å². The van der Waals surface area contributed by atoms with Crippen LogP contribution in [0, 0.1) is 0 Å². The molecule has 0 saturated heterocycles. The number of rotatable bonds is 6. The number of carbonyl (C=O) groups is 1. The third kappa shape index (κ3) is 3.50. The van der Waals surface area contributed by atoms with E-state index in [0.29, 0.717) is 13.0 Å². The van der Waals surface area contributed by atoms with Gasteiger partial charge >= 0.3 is 0 Å². The molecule has 0 aliphatic carbocycles. The first kappa shape index (κ1) is 14.4. The zero-order valence-electron chi connectivity index (χ0n) is 11.9. The van der Waals surface area contributed by atoms with Crippen molar-refractivity contribution in [1.29, 1.82) is 0 Å². The van der Waals surface area contributed by atoms with Crippen molar-refractivity contribution in [1.82, 2.24) is 5.32 Å². The smallest absolute Gasteiger partial charge is 0.264 e. The second-order valence-electron chi connectivity index (χ2n) is 4.71. The highest BCUT2D eigenvalue weighted by atomic mass is 16.6. The first-order chi connectivity index (χ1) is 9.74. The maximum atomic E-state index is 11.9. The number of unbranched alkanes of at least 4 members (excludes halogenated alkanes) is 1. The quantitative estimate of drug-likeness (QED) is 0.809. The largest absolute Gasteiger partial charge is 0.497 e. The van der Waals surface area contributed by atoms with E-state index in [1.807, 2.05) is 24.3 Å². The van der Waals surface area contributed by atoms with Crippen molar-refractivity contribution in [3.05, 3.63) is 29.8 Å². The molecular formula is C15H20N2O3. The lowest BCUT2D eigenvalue weighted by atomic mass is 10.0. The summed E-state index contributed by atoms with van der Waals surface area (Å²) in [4.78, 5) is 17.1. The Hall–Kier alpha value is -2.04. The molecule has 5 heteroatoms. The average Bonchev–Trinajstić information content (AvgIpc) is 2.97. The van der Waals surface area contributed by atoms with Crippen LogP contribution in [0.4, 0.5) is 0 Å². The average molecular weight is 276 g/mol. The van der Waals surface area contributed by atoms with Crippen molar-refractivity contribution in [2.75, 3.05) is 13.7 Å². The maximum Gasteiger partial charge on any atom is 0.264 e. The van der Waals surface area contributed by atoms with Gasteiger partial charge in [-0.1, -0.05) is 18.5 Å². The minimum Gasteiger partial charge on any atom is -0.497 e. The van der Waals surface area contributed by atoms with E-state index >= 15 is 0 Å². The fourth-order valence-corrected chi connectivity index (χ4v) is 1.97. The molecule has 0 bridgehead atoms. The normalized spacial score (nSPS) is 17.3. The number of nitrogens with one attached hydrogen (secondary N) is 1. The van der Waals surface area contributed by atoms with Crippen LogP contribution in [0.15, 0.2) is 29.4 Å². The maximum absolute atomic E-state index is 11.9. The van der Waals surface area contributed by atoms with E-state index in [-0.39, 0.29) is 5.91 Å². The Bertz CT molecular complexity index is 482. The molecule has 1 amide bonds. The Morgan fingerprint density at radius 2 is 2.20 bits per heavy atom. The summed E-state index contributed by atoms with van der Waals surface area (Å²) < 4.78 is 5.11. The van der Waals surface area contributed by atoms with E-state index < -0.39 is 6.10 Å². The van der Waals surface area contributed by atoms with Gasteiger partial charge in [0.1, 0.15) is 5.75 Å². The summed E-state index contributed by atoms with van der Waals surface area (Å²) in [6.07, 6.45) is 2.03. The molecule has 0 radical (unpaired) electrons. The molecule has 1 N–H and O–H groups in total. The molecule has 1 aliphatic rings. The number of oxime groups is 1. The molecule has 1 unspecified atom stereocenters. The zero-order chi connectivity index (χ0) is 14.4. The molecule has 0 fully saturated rings. The fourth-order valence-electron chi connectivity index (χ4n) is 1.97. The van der Waals surface area contributed by atoms with Gasteiger partial charge in [0.2, 0.25) is 6.10 Å². The van der Waals surface area contributed by atoms with E-state index in [1.54, 1.807) is 7.11 Å². The van der Waals surface area contributed by atoms with Gasteiger partial charge in [-0.05, 0) is 36.2 Å². The van der Waals surface area contributed by atoms with E-state index in [2.05, 4.69) is 17.4 Å². The number of ether oxygens (including phenoxy) is 1. The lowest BCUT2D eigenvalue weighted by Crippen LogP contribution is -2.35. The van der Waals surface area contributed by atoms with Crippen LogP contribution >= 0.6 is 0 Å². The monoisotopic (exact) mass is 276 g/mol. The van der Waals surface area contributed by atoms with E-state index in [9.17, 15) is 4.79 Å². The molecule has 0 aromatic heterocycles. The van der Waals surface area contributed by atoms with Crippen LogP contribution in [0.5, 0.6) is 5.75 Å². The number of benzene rings is 1. The van der Waals surface area contributed by atoms with Crippen molar-refractivity contribution in [3.8, 4) is 5.75 Å². The predicted octanol–water partition coefficient (Wildman–Crippen LogP) is 2.10. The number of amides is 1. The highest BCUT2D eigenvalue weighted by Crippen LogP contribution is 2.19. The van der Waals surface area contributed by atoms with Gasteiger partial charge in [-0.2, -0.15) is 0 Å². The van der Waals surface area contributed by atoms with Gasteiger partial charge in [0, 0.05) is 13.0 Å². The van der Waals surface area contributed by atoms with Gasteiger partial charge in [0.25, 0.3) is 5.91 Å². The minimum absolute atomic E-state index is 0.0919. The summed E-state index contributed by atoms with van der Waals surface area (Å²) in [5.74, 6) is 0.702. The molecule has 1 heterocycles. The summed E-state index contributed by atoms with van der Waals surface area (Å²) in [7, 11) is 1.63. The molecule has 20 heavy (non-hydrogen) atoms. The Balaban J connectivity index is 1.88. The lowest BCUT2D eigenvalue weighted by Gasteiger charge is -2.08. The second kappa shape index (κ2) is 6.93. The Labute approximate surface area is 118 Å². The minimum atomic E-state index is -0.510. The summed E-state index contributed by atoms with van der Waals surface area (Å²) in [5.41, 5.74) is 1.75. The van der Waals surface area contributed by atoms with Crippen LogP contribution in [-0.4, -0.2) is 31.4 Å². The van der Waals surface area contributed by atoms with Crippen molar-refractivity contribution in [2.45, 2.75) is 32.3 Å². The topological polar surface area (TPSA) is 59.9 Å². The first-order valence-corrected chi connectivity index (χ1v) is 6.89. The highest BCUT2D eigenvalue weighted by molar-refractivity contribution is 6.04. The SMILES string of the molecule is CCCCNC(=O)C1CC(c2ccc(OC)cc2)=NO1. The van der Waals surface area contributed by atoms with Crippen LogP contribution in [0.25, 0.3) is 0 Å². The predicted molar refractivity (Wildman–Crippen MR) is 76.9 cm³/mol. The van der Waals surface area contributed by atoms with E-state index in [4.69, 9.17) is 9.57 Å². The molecule has 1 aromatic carbocycles. The summed E-state index contributed by atoms with van der Waals surface area (Å²) in [6.45, 7) is 2.77. The first-order valence-electron chi connectivity index (χ1n) is 6.89. The Morgan fingerprint density at radius 3 is 2.85 bits per heavy atom. The van der Waals surface area contributed by atoms with E-state index in [0.717, 1.165) is 29.9 Å². The Morgan fingerprint density at radius 1 is 1.45 bits per heavy atom. The lowest BCUT2D eigenvalue weighted by molar-refractivity contribution is -0.131. The molecule has 0 spiro atoms. The van der Waals surface area contributed by atoms with Crippen LogP contribution in [0.1, 0.15) is 31.7 Å². The highest BCUT2D eigenvalue weighted by Gasteiger charge is 2.28. The van der Waals surface area contributed by atoms with Gasteiger partial charge in [-0.3, -0.25) is 4.79 Å². The van der Waals surface area contributed by atoms with Crippen molar-refractivity contribution >= 4 is 11.6 Å². The van der Waals surface area contributed by atoms with Crippen LogP contribution < -0.4 is 10.1 Å². The molecule has 1 aliphatic heterocycles. The summed E-state index contributed by atoms with van der Waals surface area (Å²) in [5, 5.41) is 6.87. The number of hydrogen-bond donors (Lipinski definition) is 1. The number of hydrogen-bond acceptors (Lipinski definition) is 4. The Kier molecular flexibility index (Phi) is 4.98. The summed E-state index contributed by atoms with van der Waals surface area (Å²) >= 11 is 0. The molecular weight excluding hydrogens is 256 g/mol. The molecule has 1 aromatic rings. The van der Waals surface area contributed by atoms with Gasteiger partial charge < -0.3 is 14.9 Å².